The molecule has 0 aliphatic heterocycles. The molecule has 6 heteroatoms. The van der Waals surface area contributed by atoms with Gasteiger partial charge in [0.15, 0.2) is 0 Å². The summed E-state index contributed by atoms with van der Waals surface area (Å²) in [4.78, 5) is 29.8. The number of carbonyl (C=O) groups is 1. The molecule has 1 aliphatic rings. The van der Waals surface area contributed by atoms with E-state index in [1.165, 1.54) is 37.5 Å². The van der Waals surface area contributed by atoms with Crippen molar-refractivity contribution < 1.29 is 9.53 Å². The Morgan fingerprint density at radius 2 is 1.85 bits per heavy atom. The normalized spacial score (nSPS) is 16.1. The first-order valence-corrected chi connectivity index (χ1v) is 9.61. The number of para-hydroxylation sites is 1. The molecule has 0 radical (unpaired) electrons. The highest BCUT2D eigenvalue weighted by molar-refractivity contribution is 6.00. The topological polar surface area (TPSA) is 76.5 Å². The number of methoxy groups -OCH3 is 1. The Kier molecular flexibility index (Phi) is 6.27. The number of hydrogen-bond acceptors (Lipinski definition) is 4. The Morgan fingerprint density at radius 3 is 2.48 bits per heavy atom. The van der Waals surface area contributed by atoms with Gasteiger partial charge in [-0.05, 0) is 31.9 Å². The lowest BCUT2D eigenvalue weighted by molar-refractivity contribution is -0.139. The van der Waals surface area contributed by atoms with Gasteiger partial charge in [-0.2, -0.15) is 0 Å². The van der Waals surface area contributed by atoms with Crippen molar-refractivity contribution in [1.82, 2.24) is 9.78 Å². The standard InChI is InChI=1S/C21H27N3O3/c1-15(22-16-10-6-3-4-7-11-16)20-18(14-19(25)27-2)23-24(21(20)26)17-12-8-5-9-13-17/h5,8-9,12-13,16,23H,3-4,6-7,10-11,14H2,1-2H3. The van der Waals surface area contributed by atoms with E-state index in [-0.39, 0.29) is 24.0 Å². The smallest absolute Gasteiger partial charge is 0.311 e. The van der Waals surface area contributed by atoms with E-state index in [0.717, 1.165) is 18.5 Å². The summed E-state index contributed by atoms with van der Waals surface area (Å²) in [5.41, 5.74) is 2.26. The van der Waals surface area contributed by atoms with Gasteiger partial charge in [-0.1, -0.05) is 43.9 Å². The van der Waals surface area contributed by atoms with Gasteiger partial charge in [-0.25, -0.2) is 4.68 Å². The molecule has 1 fully saturated rings. The van der Waals surface area contributed by atoms with Crippen molar-refractivity contribution >= 4 is 11.7 Å². The SMILES string of the molecule is COC(=O)Cc1[nH]n(-c2ccccc2)c(=O)c1C(C)=NC1CCCCCC1. The maximum Gasteiger partial charge on any atom is 0.311 e. The molecule has 1 aromatic carbocycles. The van der Waals surface area contributed by atoms with Gasteiger partial charge in [0.25, 0.3) is 5.56 Å². The third kappa shape index (κ3) is 4.56. The van der Waals surface area contributed by atoms with Crippen LogP contribution in [0.3, 0.4) is 0 Å². The average molecular weight is 369 g/mol. The number of aliphatic imine (C=N–C) groups is 1. The lowest BCUT2D eigenvalue weighted by Gasteiger charge is -2.10. The van der Waals surface area contributed by atoms with Crippen molar-refractivity contribution in [3.63, 3.8) is 0 Å². The molecule has 1 aliphatic carbocycles. The lowest BCUT2D eigenvalue weighted by atomic mass is 10.1. The number of H-pyrrole nitrogens is 1. The van der Waals surface area contributed by atoms with E-state index in [1.807, 2.05) is 37.3 Å². The third-order valence-corrected chi connectivity index (χ3v) is 5.09. The molecule has 0 atom stereocenters. The van der Waals surface area contributed by atoms with E-state index in [9.17, 15) is 9.59 Å². The molecule has 27 heavy (non-hydrogen) atoms. The monoisotopic (exact) mass is 369 g/mol. The fraction of sp³-hybridized carbons (Fsp3) is 0.476. The van der Waals surface area contributed by atoms with E-state index >= 15 is 0 Å². The molecule has 1 N–H and O–H groups in total. The largest absolute Gasteiger partial charge is 0.469 e. The number of aromatic nitrogens is 2. The number of nitrogens with zero attached hydrogens (tertiary/aromatic N) is 2. The molecule has 0 bridgehead atoms. The Hall–Kier alpha value is -2.63. The van der Waals surface area contributed by atoms with E-state index in [0.29, 0.717) is 17.0 Å². The predicted octanol–water partition coefficient (Wildman–Crippen LogP) is 3.41. The molecule has 6 nitrogen and oxygen atoms in total. The van der Waals surface area contributed by atoms with Gasteiger partial charge in [0, 0.05) is 5.71 Å². The average Bonchev–Trinajstić information content (AvgIpc) is 2.84. The van der Waals surface area contributed by atoms with Crippen LogP contribution in [0.25, 0.3) is 5.69 Å². The van der Waals surface area contributed by atoms with Crippen LogP contribution in [0.5, 0.6) is 0 Å². The van der Waals surface area contributed by atoms with Crippen molar-refractivity contribution in [2.24, 2.45) is 4.99 Å². The highest BCUT2D eigenvalue weighted by Crippen LogP contribution is 2.21. The van der Waals surface area contributed by atoms with E-state index in [2.05, 4.69) is 5.10 Å². The Balaban J connectivity index is 2.02. The summed E-state index contributed by atoms with van der Waals surface area (Å²) in [6.07, 6.45) is 6.99. The minimum Gasteiger partial charge on any atom is -0.469 e. The summed E-state index contributed by atoms with van der Waals surface area (Å²) < 4.78 is 6.27. The second kappa shape index (κ2) is 8.84. The van der Waals surface area contributed by atoms with E-state index in [4.69, 9.17) is 9.73 Å². The molecule has 1 heterocycles. The van der Waals surface area contributed by atoms with E-state index < -0.39 is 0 Å². The maximum absolute atomic E-state index is 13.1. The van der Waals surface area contributed by atoms with Crippen LogP contribution in [0, 0.1) is 0 Å². The second-order valence-electron chi connectivity index (χ2n) is 7.05. The lowest BCUT2D eigenvalue weighted by Crippen LogP contribution is -2.21. The van der Waals surface area contributed by atoms with Crippen LogP contribution in [0.2, 0.25) is 0 Å². The van der Waals surface area contributed by atoms with Gasteiger partial charge in [-0.3, -0.25) is 19.7 Å². The number of ether oxygens (including phenoxy) is 1. The van der Waals surface area contributed by atoms with E-state index in [1.54, 1.807) is 0 Å². The van der Waals surface area contributed by atoms with Crippen LogP contribution >= 0.6 is 0 Å². The molecule has 1 saturated carbocycles. The first-order valence-electron chi connectivity index (χ1n) is 9.61. The highest BCUT2D eigenvalue weighted by Gasteiger charge is 2.21. The molecular weight excluding hydrogens is 342 g/mol. The minimum absolute atomic E-state index is 0.0123. The number of nitrogens with one attached hydrogen (secondary N) is 1. The molecule has 0 saturated heterocycles. The van der Waals surface area contributed by atoms with Crippen molar-refractivity contribution in [3.8, 4) is 5.69 Å². The molecule has 1 aromatic heterocycles. The van der Waals surface area contributed by atoms with Crippen molar-refractivity contribution in [1.29, 1.82) is 0 Å². The van der Waals surface area contributed by atoms with Crippen LogP contribution in [0.1, 0.15) is 56.7 Å². The zero-order valence-electron chi connectivity index (χ0n) is 16.0. The molecule has 0 amide bonds. The Labute approximate surface area is 159 Å². The van der Waals surface area contributed by atoms with Crippen LogP contribution < -0.4 is 5.56 Å². The van der Waals surface area contributed by atoms with Gasteiger partial charge in [0.2, 0.25) is 0 Å². The van der Waals surface area contributed by atoms with Gasteiger partial charge in [-0.15, -0.1) is 0 Å². The van der Waals surface area contributed by atoms with Crippen molar-refractivity contribution in [2.45, 2.75) is 57.9 Å². The Morgan fingerprint density at radius 1 is 1.19 bits per heavy atom. The minimum atomic E-state index is -0.389. The molecule has 144 valence electrons. The number of rotatable bonds is 5. The van der Waals surface area contributed by atoms with Gasteiger partial charge in [0.1, 0.15) is 0 Å². The van der Waals surface area contributed by atoms with Crippen LogP contribution in [-0.4, -0.2) is 34.6 Å². The summed E-state index contributed by atoms with van der Waals surface area (Å²) in [5, 5.41) is 3.08. The molecule has 0 unspecified atom stereocenters. The van der Waals surface area contributed by atoms with Crippen LogP contribution in [0.15, 0.2) is 40.1 Å². The summed E-state index contributed by atoms with van der Waals surface area (Å²) in [5.74, 6) is -0.389. The number of carbonyl (C=O) groups excluding carboxylic acids is 1. The fourth-order valence-corrected chi connectivity index (χ4v) is 3.68. The summed E-state index contributed by atoms with van der Waals surface area (Å²) in [6.45, 7) is 1.87. The second-order valence-corrected chi connectivity index (χ2v) is 7.05. The van der Waals surface area contributed by atoms with Crippen molar-refractivity contribution in [3.05, 3.63) is 51.9 Å². The van der Waals surface area contributed by atoms with Crippen LogP contribution in [-0.2, 0) is 16.0 Å². The van der Waals surface area contributed by atoms with Gasteiger partial charge in [0.05, 0.1) is 36.5 Å². The molecule has 3 rings (SSSR count). The fourth-order valence-electron chi connectivity index (χ4n) is 3.68. The van der Waals surface area contributed by atoms with Gasteiger partial charge >= 0.3 is 5.97 Å². The van der Waals surface area contributed by atoms with Crippen LogP contribution in [0.4, 0.5) is 0 Å². The number of benzene rings is 1. The first-order chi connectivity index (χ1) is 13.1. The zero-order chi connectivity index (χ0) is 19.2. The Bertz CT molecular complexity index is 857. The third-order valence-electron chi connectivity index (χ3n) is 5.09. The predicted molar refractivity (Wildman–Crippen MR) is 106 cm³/mol. The van der Waals surface area contributed by atoms with Gasteiger partial charge < -0.3 is 4.74 Å². The number of aromatic amines is 1. The number of esters is 1. The molecule has 0 spiro atoms. The highest BCUT2D eigenvalue weighted by atomic mass is 16.5. The summed E-state index contributed by atoms with van der Waals surface area (Å²) >= 11 is 0. The zero-order valence-corrected chi connectivity index (χ0v) is 16.0. The quantitative estimate of drug-likeness (QED) is 0.498. The maximum atomic E-state index is 13.1. The number of hydrogen-bond donors (Lipinski definition) is 1. The van der Waals surface area contributed by atoms with Crippen molar-refractivity contribution in [2.75, 3.05) is 7.11 Å². The summed E-state index contributed by atoms with van der Waals surface area (Å²) in [7, 11) is 1.35. The summed E-state index contributed by atoms with van der Waals surface area (Å²) in [6, 6.07) is 9.58. The first kappa shape index (κ1) is 19.1. The molecule has 2 aromatic rings. The molecular formula is C21H27N3O3.